The van der Waals surface area contributed by atoms with Crippen LogP contribution in [0.25, 0.3) is 0 Å². The summed E-state index contributed by atoms with van der Waals surface area (Å²) in [4.78, 5) is 23.7. The summed E-state index contributed by atoms with van der Waals surface area (Å²) in [7, 11) is 0. The molecule has 0 bridgehead atoms. The van der Waals surface area contributed by atoms with Gasteiger partial charge in [-0.25, -0.2) is 15.0 Å². The summed E-state index contributed by atoms with van der Waals surface area (Å²) in [6.07, 6.45) is 2.60. The molecule has 0 fully saturated rings. The summed E-state index contributed by atoms with van der Waals surface area (Å²) >= 11 is 5.93. The summed E-state index contributed by atoms with van der Waals surface area (Å²) in [5.41, 5.74) is 0.437. The molecule has 0 aromatic carbocycles. The maximum Gasteiger partial charge on any atom is 0.275 e. The van der Waals surface area contributed by atoms with Crippen LogP contribution in [0, 0.1) is 5.95 Å². The molecule has 0 radical (unpaired) electrons. The van der Waals surface area contributed by atoms with Gasteiger partial charge < -0.3 is 5.32 Å². The van der Waals surface area contributed by atoms with Crippen LogP contribution >= 0.6 is 11.6 Å². The molecule has 2 heterocycles. The topological polar surface area (TPSA) is 67.8 Å². The summed E-state index contributed by atoms with van der Waals surface area (Å²) in [5, 5.41) is 2.70. The highest BCUT2D eigenvalue weighted by molar-refractivity contribution is 6.33. The summed E-state index contributed by atoms with van der Waals surface area (Å²) in [6.45, 7) is 3.82. The number of halogens is 2. The van der Waals surface area contributed by atoms with E-state index in [1.54, 1.807) is 0 Å². The predicted molar refractivity (Wildman–Crippen MR) is 73.3 cm³/mol. The second kappa shape index (κ2) is 5.92. The second-order valence-corrected chi connectivity index (χ2v) is 4.81. The molecule has 0 aliphatic heterocycles. The largest absolute Gasteiger partial charge is 0.319 e. The van der Waals surface area contributed by atoms with Crippen molar-refractivity contribution in [3.05, 3.63) is 47.0 Å². The maximum absolute atomic E-state index is 12.7. The molecule has 2 aromatic rings. The first-order valence-corrected chi connectivity index (χ1v) is 6.30. The van der Waals surface area contributed by atoms with Crippen LogP contribution in [0.2, 0.25) is 5.02 Å². The Morgan fingerprint density at radius 2 is 2.05 bits per heavy atom. The molecule has 0 atom stereocenters. The molecule has 1 N–H and O–H groups in total. The van der Waals surface area contributed by atoms with E-state index in [-0.39, 0.29) is 16.6 Å². The van der Waals surface area contributed by atoms with E-state index in [1.165, 1.54) is 18.5 Å². The average Bonchev–Trinajstić information content (AvgIpc) is 2.41. The van der Waals surface area contributed by atoms with E-state index >= 15 is 0 Å². The molecule has 2 aromatic heterocycles. The van der Waals surface area contributed by atoms with Crippen LogP contribution < -0.4 is 5.32 Å². The van der Waals surface area contributed by atoms with Gasteiger partial charge in [0.2, 0.25) is 5.95 Å². The third kappa shape index (κ3) is 3.27. The SMILES string of the molecule is CC(C)c1ncc(Cl)c(C(=O)Nc2ccc(F)nc2)n1. The van der Waals surface area contributed by atoms with Gasteiger partial charge in [0.1, 0.15) is 5.82 Å². The van der Waals surface area contributed by atoms with E-state index in [2.05, 4.69) is 20.3 Å². The van der Waals surface area contributed by atoms with Crippen LogP contribution in [0.3, 0.4) is 0 Å². The first-order chi connectivity index (χ1) is 9.47. The third-order valence-corrected chi connectivity index (χ3v) is 2.76. The standard InChI is InChI=1S/C13H12ClFN4O/c1-7(2)12-17-6-9(14)11(19-12)13(20)18-8-3-4-10(15)16-5-8/h3-7H,1-2H3,(H,18,20). The van der Waals surface area contributed by atoms with E-state index in [0.717, 1.165) is 6.07 Å². The minimum atomic E-state index is -0.620. The lowest BCUT2D eigenvalue weighted by molar-refractivity contribution is 0.102. The van der Waals surface area contributed by atoms with E-state index in [0.29, 0.717) is 11.5 Å². The van der Waals surface area contributed by atoms with Crippen molar-refractivity contribution < 1.29 is 9.18 Å². The van der Waals surface area contributed by atoms with E-state index in [1.807, 2.05) is 13.8 Å². The minimum absolute atomic E-state index is 0.0753. The summed E-state index contributed by atoms with van der Waals surface area (Å²) in [6, 6.07) is 2.55. The number of pyridine rings is 1. The Morgan fingerprint density at radius 1 is 1.30 bits per heavy atom. The monoisotopic (exact) mass is 294 g/mol. The van der Waals surface area contributed by atoms with Crippen LogP contribution in [-0.4, -0.2) is 20.9 Å². The van der Waals surface area contributed by atoms with Crippen molar-refractivity contribution in [3.8, 4) is 0 Å². The first kappa shape index (κ1) is 14.3. The van der Waals surface area contributed by atoms with Gasteiger partial charge in [-0.2, -0.15) is 4.39 Å². The number of nitrogens with one attached hydrogen (secondary N) is 1. The zero-order valence-corrected chi connectivity index (χ0v) is 11.6. The average molecular weight is 295 g/mol. The molecule has 0 spiro atoms. The highest BCUT2D eigenvalue weighted by Crippen LogP contribution is 2.17. The lowest BCUT2D eigenvalue weighted by atomic mass is 10.2. The fraction of sp³-hybridized carbons (Fsp3) is 0.231. The molecule has 0 saturated heterocycles. The Kier molecular flexibility index (Phi) is 4.24. The predicted octanol–water partition coefficient (Wildman–Crippen LogP) is 3.04. The van der Waals surface area contributed by atoms with Crippen LogP contribution in [0.15, 0.2) is 24.5 Å². The zero-order valence-electron chi connectivity index (χ0n) is 10.9. The van der Waals surface area contributed by atoms with E-state index < -0.39 is 11.9 Å². The van der Waals surface area contributed by atoms with Gasteiger partial charge in [-0.1, -0.05) is 25.4 Å². The number of anilines is 1. The normalized spacial score (nSPS) is 10.7. The minimum Gasteiger partial charge on any atom is -0.319 e. The molecule has 5 nitrogen and oxygen atoms in total. The van der Waals surface area contributed by atoms with E-state index in [9.17, 15) is 9.18 Å². The van der Waals surface area contributed by atoms with Crippen molar-refractivity contribution in [1.29, 1.82) is 0 Å². The number of carbonyl (C=O) groups is 1. The van der Waals surface area contributed by atoms with E-state index in [4.69, 9.17) is 11.6 Å². The number of amides is 1. The zero-order chi connectivity index (χ0) is 14.7. The fourth-order valence-corrected chi connectivity index (χ4v) is 1.64. The lowest BCUT2D eigenvalue weighted by Gasteiger charge is -2.08. The Hall–Kier alpha value is -2.08. The highest BCUT2D eigenvalue weighted by atomic mass is 35.5. The van der Waals surface area contributed by atoms with Crippen molar-refractivity contribution in [2.24, 2.45) is 0 Å². The third-order valence-electron chi connectivity index (χ3n) is 2.48. The molecule has 104 valence electrons. The van der Waals surface area contributed by atoms with Crippen molar-refractivity contribution >= 4 is 23.2 Å². The molecule has 0 aliphatic rings. The van der Waals surface area contributed by atoms with Gasteiger partial charge in [0, 0.05) is 5.92 Å². The molecule has 7 heteroatoms. The number of hydrogen-bond donors (Lipinski definition) is 1. The van der Waals surface area contributed by atoms with Gasteiger partial charge in [-0.15, -0.1) is 0 Å². The molecule has 0 saturated carbocycles. The Balaban J connectivity index is 2.24. The Morgan fingerprint density at radius 3 is 2.65 bits per heavy atom. The Bertz CT molecular complexity index is 631. The van der Waals surface area contributed by atoms with Gasteiger partial charge in [0.25, 0.3) is 5.91 Å². The quantitative estimate of drug-likeness (QED) is 0.884. The second-order valence-electron chi connectivity index (χ2n) is 4.40. The van der Waals surface area contributed by atoms with Crippen molar-refractivity contribution in [2.45, 2.75) is 19.8 Å². The van der Waals surface area contributed by atoms with Gasteiger partial charge in [0.15, 0.2) is 5.69 Å². The van der Waals surface area contributed by atoms with Crippen molar-refractivity contribution in [2.75, 3.05) is 5.32 Å². The fourth-order valence-electron chi connectivity index (χ4n) is 1.46. The molecule has 0 unspecified atom stereocenters. The lowest BCUT2D eigenvalue weighted by Crippen LogP contribution is -2.16. The van der Waals surface area contributed by atoms with Crippen LogP contribution in [0.4, 0.5) is 10.1 Å². The number of hydrogen-bond acceptors (Lipinski definition) is 4. The number of carbonyl (C=O) groups excluding carboxylic acids is 1. The van der Waals surface area contributed by atoms with Crippen molar-refractivity contribution in [1.82, 2.24) is 15.0 Å². The molecular formula is C13H12ClFN4O. The van der Waals surface area contributed by atoms with Crippen LogP contribution in [-0.2, 0) is 0 Å². The first-order valence-electron chi connectivity index (χ1n) is 5.92. The molecule has 1 amide bonds. The summed E-state index contributed by atoms with van der Waals surface area (Å²) < 4.78 is 12.7. The number of rotatable bonds is 3. The highest BCUT2D eigenvalue weighted by Gasteiger charge is 2.15. The Labute approximate surface area is 120 Å². The van der Waals surface area contributed by atoms with Gasteiger partial charge in [-0.3, -0.25) is 4.79 Å². The molecular weight excluding hydrogens is 283 g/mol. The number of nitrogens with zero attached hydrogens (tertiary/aromatic N) is 3. The summed E-state index contributed by atoms with van der Waals surface area (Å²) in [5.74, 6) is -0.513. The molecule has 0 aliphatic carbocycles. The smallest absolute Gasteiger partial charge is 0.275 e. The molecule has 2 rings (SSSR count). The van der Waals surface area contributed by atoms with Crippen LogP contribution in [0.5, 0.6) is 0 Å². The van der Waals surface area contributed by atoms with Gasteiger partial charge in [-0.05, 0) is 12.1 Å². The maximum atomic E-state index is 12.7. The number of aromatic nitrogens is 3. The molecule has 20 heavy (non-hydrogen) atoms. The van der Waals surface area contributed by atoms with Crippen LogP contribution in [0.1, 0.15) is 36.1 Å². The van der Waals surface area contributed by atoms with Crippen molar-refractivity contribution in [3.63, 3.8) is 0 Å². The van der Waals surface area contributed by atoms with Gasteiger partial charge >= 0.3 is 0 Å². The van der Waals surface area contributed by atoms with Gasteiger partial charge in [0.05, 0.1) is 23.1 Å².